The van der Waals surface area contributed by atoms with Crippen LogP contribution in [-0.2, 0) is 11.4 Å². The van der Waals surface area contributed by atoms with E-state index in [1.165, 1.54) is 7.11 Å². The van der Waals surface area contributed by atoms with Gasteiger partial charge in [-0.2, -0.15) is 0 Å². The third-order valence-electron chi connectivity index (χ3n) is 3.14. The van der Waals surface area contributed by atoms with Crippen molar-refractivity contribution in [3.8, 4) is 5.75 Å². The Morgan fingerprint density at radius 2 is 2.32 bits per heavy atom. The quantitative estimate of drug-likeness (QED) is 0.790. The molecule has 0 saturated carbocycles. The monoisotopic (exact) mass is 349 g/mol. The number of ether oxygens (including phenoxy) is 1. The highest BCUT2D eigenvalue weighted by Gasteiger charge is 2.42. The van der Waals surface area contributed by atoms with Gasteiger partial charge in [-0.1, -0.05) is 15.9 Å². The van der Waals surface area contributed by atoms with E-state index in [1.54, 1.807) is 22.5 Å². The number of hydrogen-bond acceptors (Lipinski definition) is 5. The van der Waals surface area contributed by atoms with Crippen LogP contribution >= 0.6 is 15.9 Å². The van der Waals surface area contributed by atoms with Gasteiger partial charge in [0, 0.05) is 17.1 Å². The highest BCUT2D eigenvalue weighted by Crippen LogP contribution is 2.33. The molecule has 106 valence electrons. The molecule has 0 bridgehead atoms. The molecule has 0 aromatic heterocycles. The Balaban J connectivity index is 2.19. The molecule has 1 fully saturated rings. The summed E-state index contributed by atoms with van der Waals surface area (Å²) < 4.78 is 20.2. The van der Waals surface area contributed by atoms with Crippen molar-refractivity contribution in [2.75, 3.05) is 26.8 Å². The van der Waals surface area contributed by atoms with E-state index >= 15 is 0 Å². The number of halogens is 1. The number of β-amino-alcohol motifs (C(OH)–C–C–N with tert-alkyl or cyclic N) is 1. The molecular weight excluding hydrogens is 334 g/mol. The van der Waals surface area contributed by atoms with Crippen LogP contribution in [0.4, 0.5) is 0 Å². The molecule has 0 amide bonds. The maximum Gasteiger partial charge on any atom is 0.215 e. The third-order valence-corrected chi connectivity index (χ3v) is 5.13. The molecule has 2 atom stereocenters. The predicted octanol–water partition coefficient (Wildman–Crippen LogP) is 0.909. The Morgan fingerprint density at radius 3 is 2.89 bits per heavy atom. The topological polar surface area (TPSA) is 76.0 Å². The first-order valence-corrected chi connectivity index (χ1v) is 7.73. The fraction of sp³-hybridized carbons (Fsp3) is 0.500. The van der Waals surface area contributed by atoms with Crippen LogP contribution < -0.4 is 4.74 Å². The van der Waals surface area contributed by atoms with Crippen LogP contribution in [0.1, 0.15) is 6.42 Å². The molecule has 0 radical (unpaired) electrons. The van der Waals surface area contributed by atoms with Crippen LogP contribution in [-0.4, -0.2) is 51.5 Å². The first-order chi connectivity index (χ1) is 8.99. The summed E-state index contributed by atoms with van der Waals surface area (Å²) in [6, 6.07) is 5.28. The summed E-state index contributed by atoms with van der Waals surface area (Å²) in [5.74, 6) is 0.534. The summed E-state index contributed by atoms with van der Waals surface area (Å²) in [5, 5.41) is 19.1. The zero-order valence-corrected chi connectivity index (χ0v) is 12.9. The van der Waals surface area contributed by atoms with E-state index < -0.39 is 17.0 Å². The molecule has 1 aliphatic heterocycles. The van der Waals surface area contributed by atoms with Crippen molar-refractivity contribution in [2.24, 2.45) is 0 Å². The fourth-order valence-corrected chi connectivity index (χ4v) is 3.75. The summed E-state index contributed by atoms with van der Waals surface area (Å²) in [4.78, 5) is 0.563. The van der Waals surface area contributed by atoms with Crippen LogP contribution in [0.3, 0.4) is 0 Å². The third kappa shape index (κ3) is 3.24. The molecule has 2 N–H and O–H groups in total. The molecule has 1 aromatic carbocycles. The van der Waals surface area contributed by atoms with Gasteiger partial charge in [-0.15, -0.1) is 4.31 Å². The van der Waals surface area contributed by atoms with Crippen molar-refractivity contribution in [1.29, 1.82) is 0 Å². The van der Waals surface area contributed by atoms with Crippen molar-refractivity contribution >= 4 is 27.3 Å². The number of hydrogen-bond donors (Lipinski definition) is 2. The lowest BCUT2D eigenvalue weighted by molar-refractivity contribution is -0.000733. The molecule has 2 unspecified atom stereocenters. The minimum atomic E-state index is -1.41. The summed E-state index contributed by atoms with van der Waals surface area (Å²) in [5.41, 5.74) is -1.15. The number of methoxy groups -OCH3 is 1. The molecule has 19 heavy (non-hydrogen) atoms. The molecule has 5 nitrogen and oxygen atoms in total. The highest BCUT2D eigenvalue weighted by atomic mass is 79.9. The van der Waals surface area contributed by atoms with Gasteiger partial charge >= 0.3 is 0 Å². The summed E-state index contributed by atoms with van der Waals surface area (Å²) in [6.45, 7) is 0.344. The van der Waals surface area contributed by atoms with Gasteiger partial charge in [0.25, 0.3) is 0 Å². The highest BCUT2D eigenvalue weighted by molar-refractivity contribution is 9.10. The smallest absolute Gasteiger partial charge is 0.215 e. The van der Waals surface area contributed by atoms with E-state index in [2.05, 4.69) is 15.9 Å². The van der Waals surface area contributed by atoms with E-state index in [1.807, 2.05) is 0 Å². The Morgan fingerprint density at radius 1 is 1.58 bits per heavy atom. The lowest BCUT2D eigenvalue weighted by Gasteiger charge is -2.23. The lowest BCUT2D eigenvalue weighted by atomic mass is 10.1. The first-order valence-electron chi connectivity index (χ1n) is 5.83. The minimum Gasteiger partial charge on any atom is -0.593 e. The largest absolute Gasteiger partial charge is 0.593 e. The second kappa shape index (κ2) is 5.99. The van der Waals surface area contributed by atoms with Gasteiger partial charge in [0.1, 0.15) is 5.60 Å². The van der Waals surface area contributed by atoms with Crippen LogP contribution in [0, 0.1) is 0 Å². The molecular formula is C12H16BrNO4S. The molecule has 0 spiro atoms. The van der Waals surface area contributed by atoms with Gasteiger partial charge in [0.2, 0.25) is 4.90 Å². The zero-order valence-electron chi connectivity index (χ0n) is 10.5. The van der Waals surface area contributed by atoms with Gasteiger partial charge in [-0.25, -0.2) is 0 Å². The van der Waals surface area contributed by atoms with Crippen LogP contribution in [0.25, 0.3) is 0 Å². The van der Waals surface area contributed by atoms with Gasteiger partial charge in [0.05, 0.1) is 31.6 Å². The van der Waals surface area contributed by atoms with Gasteiger partial charge < -0.3 is 19.5 Å². The van der Waals surface area contributed by atoms with Gasteiger partial charge in [-0.05, 0) is 18.6 Å². The van der Waals surface area contributed by atoms with E-state index in [4.69, 9.17) is 9.84 Å². The summed E-state index contributed by atoms with van der Waals surface area (Å²) in [6.07, 6.45) is 0.411. The van der Waals surface area contributed by atoms with Crippen LogP contribution in [0.5, 0.6) is 5.75 Å². The van der Waals surface area contributed by atoms with Crippen molar-refractivity contribution < 1.29 is 19.5 Å². The molecule has 1 aromatic rings. The molecule has 2 rings (SSSR count). The molecule has 1 saturated heterocycles. The zero-order chi connectivity index (χ0) is 14.0. The normalized spacial score (nSPS) is 25.5. The fourth-order valence-electron chi connectivity index (χ4n) is 2.01. The van der Waals surface area contributed by atoms with E-state index in [9.17, 15) is 9.66 Å². The van der Waals surface area contributed by atoms with Crippen LogP contribution in [0.2, 0.25) is 0 Å². The van der Waals surface area contributed by atoms with E-state index in [0.717, 1.165) is 4.47 Å². The Labute approximate surface area is 123 Å². The summed E-state index contributed by atoms with van der Waals surface area (Å²) >= 11 is 1.92. The molecule has 1 heterocycles. The first kappa shape index (κ1) is 15.1. The van der Waals surface area contributed by atoms with Crippen LogP contribution in [0.15, 0.2) is 27.6 Å². The number of aliphatic hydroxyl groups excluding tert-OH is 1. The average Bonchev–Trinajstić information content (AvgIpc) is 2.81. The summed E-state index contributed by atoms with van der Waals surface area (Å²) in [7, 11) is 1.52. The Bertz CT molecular complexity index is 461. The second-order valence-corrected chi connectivity index (χ2v) is 6.91. The van der Waals surface area contributed by atoms with Crippen molar-refractivity contribution in [1.82, 2.24) is 4.31 Å². The maximum atomic E-state index is 12.5. The maximum absolute atomic E-state index is 12.5. The van der Waals surface area contributed by atoms with Crippen molar-refractivity contribution in [3.63, 3.8) is 0 Å². The average molecular weight is 350 g/mol. The Hall–Kier alpha value is -0.310. The SMILES string of the molecule is COc1cc(Br)ccc1[S+]([O-])N1CCC(O)(CO)C1. The number of aliphatic hydroxyl groups is 2. The van der Waals surface area contributed by atoms with Crippen molar-refractivity contribution in [2.45, 2.75) is 16.9 Å². The van der Waals surface area contributed by atoms with E-state index in [0.29, 0.717) is 23.6 Å². The standard InChI is InChI=1S/C12H16BrNO4S/c1-18-10-6-9(13)2-3-11(10)19(17)14-5-4-12(16,7-14)8-15/h2-3,6,15-16H,4-5,7-8H2,1H3. The van der Waals surface area contributed by atoms with E-state index in [-0.39, 0.29) is 13.2 Å². The predicted molar refractivity (Wildman–Crippen MR) is 75.3 cm³/mol. The van der Waals surface area contributed by atoms with Gasteiger partial charge in [-0.3, -0.25) is 0 Å². The second-order valence-electron chi connectivity index (χ2n) is 4.54. The lowest BCUT2D eigenvalue weighted by Crippen LogP contribution is -2.38. The molecule has 7 heteroatoms. The molecule has 0 aliphatic carbocycles. The minimum absolute atomic E-state index is 0.190. The van der Waals surface area contributed by atoms with Crippen molar-refractivity contribution in [3.05, 3.63) is 22.7 Å². The Kier molecular flexibility index (Phi) is 4.75. The number of rotatable bonds is 4. The number of benzene rings is 1. The van der Waals surface area contributed by atoms with Gasteiger partial charge in [0.15, 0.2) is 5.75 Å². The molecule has 1 aliphatic rings. The number of nitrogens with zero attached hydrogens (tertiary/aromatic N) is 1.